The number of unbranched alkanes of at least 4 members (excludes halogenated alkanes) is 34. The number of carbonyl (C=O) groups excluding carboxylic acids is 3. The fourth-order valence-electron chi connectivity index (χ4n) is 12.7. The number of carbonyl (C=O) groups is 3. The van der Waals surface area contributed by atoms with E-state index in [0.29, 0.717) is 19.3 Å². The predicted molar refractivity (Wildman–Crippen MR) is 509 cm³/mol. The van der Waals surface area contributed by atoms with Crippen LogP contribution in [0.1, 0.15) is 380 Å². The summed E-state index contributed by atoms with van der Waals surface area (Å²) in [6.45, 7) is 2.34. The summed E-state index contributed by atoms with van der Waals surface area (Å²) in [7, 11) is -9.82. The van der Waals surface area contributed by atoms with Crippen molar-refractivity contribution in [3.63, 3.8) is 0 Å². The Morgan fingerprint density at radius 3 is 0.653 bits per heavy atom. The van der Waals surface area contributed by atoms with Crippen LogP contribution in [0, 0.1) is 0 Å². The predicted octanol–water partition coefficient (Wildman–Crippen LogP) is 29.8. The quantitative estimate of drug-likeness (QED) is 0.0146. The van der Waals surface area contributed by atoms with E-state index in [1.807, 2.05) is 0 Å². The van der Waals surface area contributed by atoms with Gasteiger partial charge in [-0.1, -0.05) is 395 Å². The van der Waals surface area contributed by atoms with Gasteiger partial charge in [0, 0.05) is 19.3 Å². The minimum Gasteiger partial charge on any atom is -0.463 e. The molecule has 16 nitrogen and oxygen atoms in total. The molecule has 0 bridgehead atoms. The Morgan fingerprint density at radius 1 is 0.231 bits per heavy atom. The van der Waals surface area contributed by atoms with E-state index in [0.717, 1.165) is 180 Å². The van der Waals surface area contributed by atoms with E-state index in [4.69, 9.17) is 32.3 Å². The smallest absolute Gasteiger partial charge is 0.463 e. The maximum absolute atomic E-state index is 13.0. The molecule has 0 aromatic carbocycles. The Balaban J connectivity index is 4.49. The molecule has 5 unspecified atom stereocenters. The number of aliphatic hydroxyl groups is 2. The summed E-state index contributed by atoms with van der Waals surface area (Å²) in [5, 5.41) is 20.7. The van der Waals surface area contributed by atoms with Crippen molar-refractivity contribution >= 4 is 33.6 Å². The van der Waals surface area contributed by atoms with Crippen LogP contribution < -0.4 is 0 Å². The van der Waals surface area contributed by atoms with Crippen molar-refractivity contribution in [3.8, 4) is 0 Å². The molecule has 690 valence electrons. The normalized spacial score (nSPS) is 14.6. The molecule has 0 saturated carbocycles. The maximum Gasteiger partial charge on any atom is 0.472 e. The number of allylic oxidation sites excluding steroid dienone is 32. The Bertz CT molecular complexity index is 2980. The fraction of sp³-hybridized carbons (Fsp3) is 0.660. The van der Waals surface area contributed by atoms with E-state index in [-0.39, 0.29) is 19.3 Å². The van der Waals surface area contributed by atoms with Crippen LogP contribution in [0.5, 0.6) is 0 Å². The third-order valence-corrected chi connectivity index (χ3v) is 21.7. The van der Waals surface area contributed by atoms with Crippen molar-refractivity contribution in [3.05, 3.63) is 194 Å². The lowest BCUT2D eigenvalue weighted by atomic mass is 10.0. The summed E-state index contributed by atoms with van der Waals surface area (Å²) >= 11 is 0. The highest BCUT2D eigenvalue weighted by molar-refractivity contribution is 7.47. The molecule has 5 atom stereocenters. The highest BCUT2D eigenvalue weighted by Gasteiger charge is 2.30. The molecule has 0 aliphatic heterocycles. The summed E-state index contributed by atoms with van der Waals surface area (Å²) in [4.78, 5) is 59.0. The zero-order chi connectivity index (χ0) is 87.9. The van der Waals surface area contributed by atoms with Gasteiger partial charge in [0.2, 0.25) is 0 Å². The second-order valence-electron chi connectivity index (χ2n) is 31.4. The van der Waals surface area contributed by atoms with Crippen molar-refractivity contribution in [2.75, 3.05) is 39.6 Å². The topological polar surface area (TPSA) is 231 Å². The minimum absolute atomic E-state index is 0.0723. The molecular formula is C103H172O16P2. The van der Waals surface area contributed by atoms with Gasteiger partial charge in [0.05, 0.1) is 26.4 Å². The first kappa shape index (κ1) is 115. The first-order chi connectivity index (χ1) is 59.2. The van der Waals surface area contributed by atoms with Gasteiger partial charge in [-0.3, -0.25) is 32.5 Å². The lowest BCUT2D eigenvalue weighted by Crippen LogP contribution is -2.30. The van der Waals surface area contributed by atoms with Crippen LogP contribution in [-0.2, 0) is 55.8 Å². The van der Waals surface area contributed by atoms with Crippen LogP contribution in [0.4, 0.5) is 0 Å². The molecule has 0 fully saturated rings. The summed E-state index contributed by atoms with van der Waals surface area (Å²) in [5.74, 6) is -1.60. The molecule has 0 amide bonds. The minimum atomic E-state index is -4.95. The highest BCUT2D eigenvalue weighted by Crippen LogP contribution is 2.45. The van der Waals surface area contributed by atoms with Crippen LogP contribution in [0.15, 0.2) is 194 Å². The number of phosphoric ester groups is 2. The average Bonchev–Trinajstić information content (AvgIpc) is 0.896. The van der Waals surface area contributed by atoms with Gasteiger partial charge in [-0.15, -0.1) is 0 Å². The molecule has 18 heteroatoms. The molecule has 0 aliphatic carbocycles. The molecule has 0 aliphatic rings. The number of esters is 3. The molecular weight excluding hydrogens is 1560 g/mol. The number of ether oxygens (including phenoxy) is 3. The molecule has 0 radical (unpaired) electrons. The summed E-state index contributed by atoms with van der Waals surface area (Å²) in [5.41, 5.74) is 0. The third-order valence-electron chi connectivity index (χ3n) is 19.8. The average molecular weight is 1730 g/mol. The van der Waals surface area contributed by atoms with Gasteiger partial charge in [-0.2, -0.15) is 0 Å². The lowest BCUT2D eigenvalue weighted by molar-refractivity contribution is -0.161. The van der Waals surface area contributed by atoms with Crippen molar-refractivity contribution in [2.45, 2.75) is 399 Å². The summed E-state index contributed by atoms with van der Waals surface area (Å²) < 4.78 is 61.5. The van der Waals surface area contributed by atoms with Crippen LogP contribution in [0.25, 0.3) is 0 Å². The summed E-state index contributed by atoms with van der Waals surface area (Å²) in [6.07, 6.45) is 125. The standard InChI is InChI=1S/C103H172O16P2/c1-4-7-10-13-16-19-22-25-28-31-33-35-37-39-41-43-45-47-48-50-52-53-55-57-59-61-63-66-68-71-74-77-80-83-86-89-101(106)113-92-98(104)93-115-120(109,110)116-94-99(105)95-117-121(111,112)118-97-100(119-103(108)91-88-85-82-79-76-73-70-65-30-27-24-21-18-15-12-9-6-3)96-114-102(107)90-87-84-81-78-75-72-69-67-64-62-60-58-56-54-51-49-46-44-42-40-38-36-34-32-29-26-23-20-17-14-11-8-5-2/h7-12,16-21,25-30,33-36,39-42,45-47,49,70,73,98-100,104-105H,4-6,13-15,22-24,31-32,37-38,43-44,48,50-69,71-72,74-97H2,1-3H3,(H,109,110)(H,111,112)/b10-7-,11-8-,12-9-,19-16-,20-17-,21-18-,28-25-,29-26-,30-27-,35-33-,36-34-,41-39-,42-40-,47-45-,49-46-,73-70-. The molecule has 0 aromatic rings. The number of phosphoric acid groups is 2. The van der Waals surface area contributed by atoms with Crippen molar-refractivity contribution in [1.29, 1.82) is 0 Å². The lowest BCUT2D eigenvalue weighted by Gasteiger charge is -2.21. The van der Waals surface area contributed by atoms with Crippen LogP contribution in [0.3, 0.4) is 0 Å². The largest absolute Gasteiger partial charge is 0.472 e. The van der Waals surface area contributed by atoms with Gasteiger partial charge in [-0.05, 0) is 161 Å². The van der Waals surface area contributed by atoms with Crippen LogP contribution in [-0.4, -0.2) is 95.9 Å². The Hall–Kier alpha value is -5.61. The third kappa shape index (κ3) is 94.9. The van der Waals surface area contributed by atoms with E-state index in [9.17, 15) is 43.5 Å². The number of hydrogen-bond donors (Lipinski definition) is 4. The van der Waals surface area contributed by atoms with Crippen LogP contribution in [0.2, 0.25) is 0 Å². The van der Waals surface area contributed by atoms with E-state index in [2.05, 4.69) is 215 Å². The summed E-state index contributed by atoms with van der Waals surface area (Å²) in [6, 6.07) is 0. The Kier molecular flexibility index (Phi) is 89.2. The van der Waals surface area contributed by atoms with Crippen molar-refractivity contribution in [2.24, 2.45) is 0 Å². The molecule has 0 spiro atoms. The van der Waals surface area contributed by atoms with E-state index in [1.165, 1.54) is 141 Å². The van der Waals surface area contributed by atoms with E-state index < -0.39 is 91.5 Å². The molecule has 121 heavy (non-hydrogen) atoms. The van der Waals surface area contributed by atoms with Gasteiger partial charge in [-0.25, -0.2) is 9.13 Å². The van der Waals surface area contributed by atoms with E-state index >= 15 is 0 Å². The zero-order valence-electron chi connectivity index (χ0n) is 76.1. The van der Waals surface area contributed by atoms with Gasteiger partial charge in [0.25, 0.3) is 0 Å². The first-order valence-electron chi connectivity index (χ1n) is 47.7. The number of rotatable bonds is 89. The van der Waals surface area contributed by atoms with E-state index in [1.54, 1.807) is 0 Å². The zero-order valence-corrected chi connectivity index (χ0v) is 77.9. The molecule has 0 heterocycles. The SMILES string of the molecule is CC/C=C\C/C=C\C/C=C\C/C=C\C/C=C\C/C=C\CCCCCCCCCCCCCCCCCCC(=O)OCC(O)COP(=O)(O)OCC(O)COP(=O)(O)OCC(COC(=O)CCCCCCCCCCCCCCCC/C=C\C/C=C\C/C=C\C/C=C\C/C=C\C/C=C\CC)OC(=O)CCCCCC/C=C\C/C=C\C/C=C\C/C=C\CC. The van der Waals surface area contributed by atoms with Crippen molar-refractivity contribution in [1.82, 2.24) is 0 Å². The number of hydrogen-bond acceptors (Lipinski definition) is 14. The second-order valence-corrected chi connectivity index (χ2v) is 34.3. The molecule has 0 saturated heterocycles. The Labute approximate surface area is 737 Å². The first-order valence-corrected chi connectivity index (χ1v) is 50.7. The van der Waals surface area contributed by atoms with Gasteiger partial charge in [0.15, 0.2) is 6.10 Å². The monoisotopic (exact) mass is 1730 g/mol. The highest BCUT2D eigenvalue weighted by atomic mass is 31.2. The molecule has 0 rings (SSSR count). The second kappa shape index (κ2) is 93.5. The molecule has 4 N–H and O–H groups in total. The molecule has 0 aromatic heterocycles. The van der Waals surface area contributed by atoms with Gasteiger partial charge in [0.1, 0.15) is 25.4 Å². The Morgan fingerprint density at radius 2 is 0.413 bits per heavy atom. The fourth-order valence-corrected chi connectivity index (χ4v) is 14.3. The van der Waals surface area contributed by atoms with Gasteiger partial charge < -0.3 is 34.2 Å². The van der Waals surface area contributed by atoms with Gasteiger partial charge >= 0.3 is 33.6 Å². The maximum atomic E-state index is 13.0. The number of aliphatic hydroxyl groups excluding tert-OH is 2. The van der Waals surface area contributed by atoms with Crippen LogP contribution >= 0.6 is 15.6 Å². The van der Waals surface area contributed by atoms with Crippen molar-refractivity contribution < 1.29 is 75.8 Å².